The lowest BCUT2D eigenvalue weighted by Crippen LogP contribution is -2.69. The molecule has 0 radical (unpaired) electrons. The zero-order valence-electron chi connectivity index (χ0n) is 22.6. The van der Waals surface area contributed by atoms with E-state index < -0.39 is 64.5 Å². The van der Waals surface area contributed by atoms with Crippen LogP contribution in [0.5, 0.6) is 0 Å². The van der Waals surface area contributed by atoms with Gasteiger partial charge in [0.2, 0.25) is 0 Å². The van der Waals surface area contributed by atoms with Gasteiger partial charge in [0.05, 0.1) is 29.8 Å². The van der Waals surface area contributed by atoms with Crippen LogP contribution in [0.2, 0.25) is 0 Å². The molecule has 2 aliphatic carbocycles. The smallest absolute Gasteiger partial charge is 0.338 e. The lowest BCUT2D eigenvalue weighted by Gasteiger charge is -2.58. The number of aliphatic hydroxyl groups is 3. The Labute approximate surface area is 222 Å². The van der Waals surface area contributed by atoms with Crippen molar-refractivity contribution in [3.05, 3.63) is 47.0 Å². The molecule has 1 aromatic carbocycles. The molecule has 1 aliphatic heterocycles. The van der Waals surface area contributed by atoms with Crippen LogP contribution in [0.1, 0.15) is 64.2 Å². The Kier molecular flexibility index (Phi) is 7.62. The Morgan fingerprint density at radius 2 is 1.79 bits per heavy atom. The van der Waals surface area contributed by atoms with Crippen LogP contribution < -0.4 is 0 Å². The maximum Gasteiger partial charge on any atom is 0.338 e. The van der Waals surface area contributed by atoms with E-state index in [4.69, 9.17) is 14.2 Å². The van der Waals surface area contributed by atoms with E-state index in [0.29, 0.717) is 12.0 Å². The molecular formula is C29H38O9. The van der Waals surface area contributed by atoms with Crippen LogP contribution >= 0.6 is 0 Å². The molecule has 0 spiro atoms. The van der Waals surface area contributed by atoms with Crippen molar-refractivity contribution in [3.8, 4) is 0 Å². The maximum atomic E-state index is 14.1. The van der Waals surface area contributed by atoms with Gasteiger partial charge in [-0.2, -0.15) is 0 Å². The average molecular weight is 531 g/mol. The summed E-state index contributed by atoms with van der Waals surface area (Å²) in [6, 6.07) is 8.34. The third kappa shape index (κ3) is 4.49. The third-order valence-corrected chi connectivity index (χ3v) is 9.16. The lowest BCUT2D eigenvalue weighted by molar-refractivity contribution is -0.208. The number of carbonyl (C=O) groups is 3. The summed E-state index contributed by atoms with van der Waals surface area (Å²) >= 11 is 0. The fourth-order valence-corrected chi connectivity index (χ4v) is 6.66. The summed E-state index contributed by atoms with van der Waals surface area (Å²) in [4.78, 5) is 38.9. The van der Waals surface area contributed by atoms with Crippen LogP contribution in [-0.4, -0.2) is 76.3 Å². The van der Waals surface area contributed by atoms with Crippen molar-refractivity contribution in [2.45, 2.75) is 83.9 Å². The fourth-order valence-electron chi connectivity index (χ4n) is 6.66. The van der Waals surface area contributed by atoms with E-state index in [2.05, 4.69) is 0 Å². The van der Waals surface area contributed by atoms with Crippen LogP contribution in [0.3, 0.4) is 0 Å². The molecule has 0 aromatic heterocycles. The summed E-state index contributed by atoms with van der Waals surface area (Å²) in [6.07, 6.45) is -4.38. The average Bonchev–Trinajstić information content (AvgIpc) is 2.99. The van der Waals surface area contributed by atoms with Gasteiger partial charge in [0.15, 0.2) is 5.78 Å². The van der Waals surface area contributed by atoms with Crippen LogP contribution in [0.25, 0.3) is 0 Å². The number of hydrogen-bond donors (Lipinski definition) is 3. The number of allylic oxidation sites excluding steroid dienone is 1. The van der Waals surface area contributed by atoms with E-state index in [1.165, 1.54) is 13.8 Å². The topological polar surface area (TPSA) is 140 Å². The van der Waals surface area contributed by atoms with Crippen molar-refractivity contribution in [2.75, 3.05) is 13.2 Å². The van der Waals surface area contributed by atoms with Gasteiger partial charge in [0, 0.05) is 24.7 Å². The molecule has 1 aromatic rings. The number of hydrogen-bond acceptors (Lipinski definition) is 9. The Morgan fingerprint density at radius 3 is 2.42 bits per heavy atom. The minimum Gasteiger partial charge on any atom is -0.463 e. The molecule has 9 nitrogen and oxygen atoms in total. The Bertz CT molecular complexity index is 1130. The van der Waals surface area contributed by atoms with Crippen LogP contribution in [0.4, 0.5) is 0 Å². The minimum absolute atomic E-state index is 0.0576. The highest BCUT2D eigenvalue weighted by atomic mass is 16.6. The highest BCUT2D eigenvalue weighted by Gasteiger charge is 2.67. The van der Waals surface area contributed by atoms with Gasteiger partial charge in [-0.3, -0.25) is 9.59 Å². The lowest BCUT2D eigenvalue weighted by atomic mass is 9.50. The van der Waals surface area contributed by atoms with Crippen molar-refractivity contribution in [3.63, 3.8) is 0 Å². The predicted molar refractivity (Wildman–Crippen MR) is 136 cm³/mol. The Balaban J connectivity index is 1.88. The van der Waals surface area contributed by atoms with Crippen molar-refractivity contribution < 1.29 is 43.9 Å². The van der Waals surface area contributed by atoms with Crippen LogP contribution in [-0.2, 0) is 23.8 Å². The second kappa shape index (κ2) is 10.2. The molecule has 1 saturated heterocycles. The number of ketones is 1. The third-order valence-electron chi connectivity index (χ3n) is 9.16. The van der Waals surface area contributed by atoms with E-state index >= 15 is 0 Å². The summed E-state index contributed by atoms with van der Waals surface area (Å²) in [5.41, 5.74) is -3.07. The van der Waals surface area contributed by atoms with E-state index in [0.717, 1.165) is 5.57 Å². The minimum atomic E-state index is -1.70. The normalized spacial score (nSPS) is 36.8. The molecule has 1 unspecified atom stereocenters. The summed E-state index contributed by atoms with van der Waals surface area (Å²) < 4.78 is 17.3. The first-order valence-electron chi connectivity index (χ1n) is 13.1. The maximum absolute atomic E-state index is 14.1. The quantitative estimate of drug-likeness (QED) is 0.395. The number of fused-ring (bicyclic) bond motifs is 3. The molecule has 3 aliphatic rings. The molecule has 2 fully saturated rings. The molecule has 0 amide bonds. The summed E-state index contributed by atoms with van der Waals surface area (Å²) in [5, 5.41) is 35.4. The number of esters is 2. The second-order valence-corrected chi connectivity index (χ2v) is 11.6. The first-order valence-corrected chi connectivity index (χ1v) is 13.1. The molecule has 3 N–H and O–H groups in total. The number of benzene rings is 1. The molecular weight excluding hydrogens is 492 g/mol. The van der Waals surface area contributed by atoms with E-state index in [1.54, 1.807) is 44.2 Å². The van der Waals surface area contributed by atoms with Gasteiger partial charge >= 0.3 is 11.9 Å². The first kappa shape index (κ1) is 28.4. The number of rotatable bonds is 4. The van der Waals surface area contributed by atoms with Crippen molar-refractivity contribution in [2.24, 2.45) is 16.7 Å². The highest BCUT2D eigenvalue weighted by molar-refractivity contribution is 5.93. The molecule has 2 bridgehead atoms. The number of ether oxygens (including phenoxy) is 3. The van der Waals surface area contributed by atoms with E-state index in [9.17, 15) is 29.7 Å². The number of Topliss-reactive ketones (excluding diaryl/α,β-unsaturated/α-hetero) is 1. The number of aliphatic hydroxyl groups excluding tert-OH is 2. The van der Waals surface area contributed by atoms with E-state index in [-0.39, 0.29) is 31.6 Å². The SMILES string of the molecule is CC(=O)OC[C@H]1C[C@H](O)[C@@]2(C)C(=O)[C@H](O)C3=C(C)CC[C@@](O)([C@@H](OC(=O)c4ccccc4)C2CO1)C3(C)C. The van der Waals surface area contributed by atoms with Crippen LogP contribution in [0.15, 0.2) is 41.5 Å². The molecule has 1 heterocycles. The van der Waals surface area contributed by atoms with Gasteiger partial charge in [-0.1, -0.05) is 37.6 Å². The van der Waals surface area contributed by atoms with Crippen molar-refractivity contribution >= 4 is 17.7 Å². The van der Waals surface area contributed by atoms with E-state index in [1.807, 2.05) is 6.92 Å². The predicted octanol–water partition coefficient (Wildman–Crippen LogP) is 2.36. The zero-order valence-corrected chi connectivity index (χ0v) is 22.6. The fraction of sp³-hybridized carbons (Fsp3) is 0.621. The van der Waals surface area contributed by atoms with Crippen molar-refractivity contribution in [1.82, 2.24) is 0 Å². The Hall–Kier alpha value is -2.59. The summed E-state index contributed by atoms with van der Waals surface area (Å²) in [6.45, 7) is 7.77. The Morgan fingerprint density at radius 1 is 1.13 bits per heavy atom. The highest BCUT2D eigenvalue weighted by Crippen LogP contribution is 2.58. The van der Waals surface area contributed by atoms with Gasteiger partial charge in [0.25, 0.3) is 0 Å². The number of carbonyl (C=O) groups excluding carboxylic acids is 3. The first-order chi connectivity index (χ1) is 17.7. The summed E-state index contributed by atoms with van der Waals surface area (Å²) in [5.74, 6) is -2.84. The largest absolute Gasteiger partial charge is 0.463 e. The molecule has 9 heteroatoms. The van der Waals surface area contributed by atoms with Crippen molar-refractivity contribution in [1.29, 1.82) is 0 Å². The van der Waals surface area contributed by atoms with Gasteiger partial charge in [-0.05, 0) is 44.4 Å². The van der Waals surface area contributed by atoms with Crippen LogP contribution in [0, 0.1) is 16.7 Å². The second-order valence-electron chi connectivity index (χ2n) is 11.6. The molecule has 7 atom stereocenters. The standard InChI is InChI=1S/C29H38O9/c1-16-11-12-29(35)25(38-26(34)18-9-7-6-8-10-18)20-15-37-19(14-36-17(2)30)13-21(31)28(20,5)24(33)23(32)22(16)27(29,3)4/h6-10,19-21,23,25,31-32,35H,11-15H2,1-5H3/t19-,20?,21+,23-,25+,28+,29-/m1/s1. The monoisotopic (exact) mass is 530 g/mol. The molecule has 208 valence electrons. The van der Waals surface area contributed by atoms with Gasteiger partial charge < -0.3 is 29.5 Å². The molecule has 38 heavy (non-hydrogen) atoms. The van der Waals surface area contributed by atoms with Gasteiger partial charge in [0.1, 0.15) is 24.4 Å². The molecule has 1 saturated carbocycles. The molecule has 4 rings (SSSR count). The zero-order chi connectivity index (χ0) is 28.0. The van der Waals surface area contributed by atoms with Gasteiger partial charge in [-0.15, -0.1) is 0 Å². The van der Waals surface area contributed by atoms with Gasteiger partial charge in [-0.25, -0.2) is 4.79 Å². The summed E-state index contributed by atoms with van der Waals surface area (Å²) in [7, 11) is 0.